The van der Waals surface area contributed by atoms with Crippen molar-refractivity contribution in [1.82, 2.24) is 15.0 Å². The molecule has 4 nitrogen and oxygen atoms in total. The second kappa shape index (κ2) is 3.35. The summed E-state index contributed by atoms with van der Waals surface area (Å²) in [6.45, 7) is 0.876. The van der Waals surface area contributed by atoms with Crippen molar-refractivity contribution in [3.05, 3.63) is 11.9 Å². The maximum atomic E-state index is 5.66. The maximum absolute atomic E-state index is 5.66. The molecule has 1 saturated heterocycles. The molecule has 14 heavy (non-hydrogen) atoms. The van der Waals surface area contributed by atoms with Gasteiger partial charge < -0.3 is 4.74 Å². The number of aromatic nitrogens is 3. The lowest BCUT2D eigenvalue weighted by atomic mass is 10.1. The van der Waals surface area contributed by atoms with Crippen LogP contribution in [0, 0.1) is 0 Å². The minimum Gasteiger partial charge on any atom is -0.372 e. The molecule has 2 heterocycles. The van der Waals surface area contributed by atoms with E-state index in [0.717, 1.165) is 18.7 Å². The lowest BCUT2D eigenvalue weighted by Gasteiger charge is -2.19. The minimum absolute atomic E-state index is 0.205. The first-order valence-corrected chi connectivity index (χ1v) is 5.47. The molecule has 2 aliphatic rings. The summed E-state index contributed by atoms with van der Waals surface area (Å²) in [5, 5.41) is 8.33. The molecule has 1 aliphatic heterocycles. The van der Waals surface area contributed by atoms with Crippen molar-refractivity contribution in [2.24, 2.45) is 0 Å². The normalized spacial score (nSPS) is 27.9. The quantitative estimate of drug-likeness (QED) is 0.719. The molecule has 0 bridgehead atoms. The van der Waals surface area contributed by atoms with E-state index in [1.807, 2.05) is 4.68 Å². The molecule has 2 fully saturated rings. The van der Waals surface area contributed by atoms with Gasteiger partial charge in [-0.25, -0.2) is 4.68 Å². The van der Waals surface area contributed by atoms with Crippen LogP contribution in [0.3, 0.4) is 0 Å². The topological polar surface area (TPSA) is 39.9 Å². The molecule has 3 rings (SSSR count). The highest BCUT2D eigenvalue weighted by atomic mass is 16.5. The van der Waals surface area contributed by atoms with Crippen LogP contribution in [0.25, 0.3) is 0 Å². The van der Waals surface area contributed by atoms with Gasteiger partial charge in [0.2, 0.25) is 0 Å². The van der Waals surface area contributed by atoms with Crippen LogP contribution < -0.4 is 0 Å². The van der Waals surface area contributed by atoms with Gasteiger partial charge in [-0.05, 0) is 32.1 Å². The highest BCUT2D eigenvalue weighted by molar-refractivity contribution is 5.00. The predicted octanol–water partition coefficient (Wildman–Crippen LogP) is 1.85. The summed E-state index contributed by atoms with van der Waals surface area (Å²) >= 11 is 0. The summed E-state index contributed by atoms with van der Waals surface area (Å²) < 4.78 is 7.65. The van der Waals surface area contributed by atoms with Gasteiger partial charge in [0.15, 0.2) is 0 Å². The lowest BCUT2D eigenvalue weighted by Crippen LogP contribution is -2.11. The zero-order chi connectivity index (χ0) is 9.38. The molecule has 1 aromatic rings. The Labute approximate surface area is 83.2 Å². The summed E-state index contributed by atoms with van der Waals surface area (Å²) in [6, 6.07) is 0.625. The van der Waals surface area contributed by atoms with E-state index in [9.17, 15) is 0 Å². The van der Waals surface area contributed by atoms with E-state index >= 15 is 0 Å². The highest BCUT2D eigenvalue weighted by Crippen LogP contribution is 2.35. The third-order valence-corrected chi connectivity index (χ3v) is 2.96. The molecular formula is C10H15N3O. The van der Waals surface area contributed by atoms with Gasteiger partial charge in [0.1, 0.15) is 11.8 Å². The van der Waals surface area contributed by atoms with Crippen LogP contribution >= 0.6 is 0 Å². The van der Waals surface area contributed by atoms with Crippen LogP contribution in [0.5, 0.6) is 0 Å². The summed E-state index contributed by atoms with van der Waals surface area (Å²) in [5.41, 5.74) is 1.02. The Kier molecular flexibility index (Phi) is 2.01. The molecule has 1 aromatic heterocycles. The summed E-state index contributed by atoms with van der Waals surface area (Å²) in [7, 11) is 0. The molecule has 1 aliphatic carbocycles. The molecule has 0 amide bonds. The van der Waals surface area contributed by atoms with Gasteiger partial charge in [0.25, 0.3) is 0 Å². The Bertz CT molecular complexity index is 313. The second-order valence-corrected chi connectivity index (χ2v) is 4.21. The van der Waals surface area contributed by atoms with Gasteiger partial charge in [-0.1, -0.05) is 5.21 Å². The molecule has 0 aromatic carbocycles. The van der Waals surface area contributed by atoms with Crippen molar-refractivity contribution in [2.75, 3.05) is 6.61 Å². The molecule has 0 N–H and O–H groups in total. The minimum atomic E-state index is 0.205. The van der Waals surface area contributed by atoms with E-state index < -0.39 is 0 Å². The Morgan fingerprint density at radius 2 is 2.21 bits per heavy atom. The Hall–Kier alpha value is -0.900. The number of rotatable bonds is 2. The molecule has 0 unspecified atom stereocenters. The van der Waals surface area contributed by atoms with Crippen molar-refractivity contribution < 1.29 is 4.74 Å². The van der Waals surface area contributed by atoms with Crippen molar-refractivity contribution in [2.45, 2.75) is 44.2 Å². The van der Waals surface area contributed by atoms with E-state index in [1.54, 1.807) is 0 Å². The molecule has 76 valence electrons. The smallest absolute Gasteiger partial charge is 0.111 e. The van der Waals surface area contributed by atoms with Crippen LogP contribution in [0.15, 0.2) is 6.20 Å². The van der Waals surface area contributed by atoms with Crippen LogP contribution in [-0.2, 0) is 4.74 Å². The number of hydrogen-bond acceptors (Lipinski definition) is 3. The van der Waals surface area contributed by atoms with E-state index in [0.29, 0.717) is 6.04 Å². The number of nitrogens with zero attached hydrogens (tertiary/aromatic N) is 3. The average molecular weight is 193 g/mol. The third kappa shape index (κ3) is 1.54. The van der Waals surface area contributed by atoms with E-state index in [2.05, 4.69) is 16.5 Å². The first-order chi connectivity index (χ1) is 6.93. The summed E-state index contributed by atoms with van der Waals surface area (Å²) in [5.74, 6) is 0. The van der Waals surface area contributed by atoms with Gasteiger partial charge in [-0.2, -0.15) is 0 Å². The summed E-state index contributed by atoms with van der Waals surface area (Å²) in [4.78, 5) is 0. The Balaban J connectivity index is 1.74. The van der Waals surface area contributed by atoms with Crippen LogP contribution in [-0.4, -0.2) is 21.6 Å². The van der Waals surface area contributed by atoms with Crippen molar-refractivity contribution in [3.63, 3.8) is 0 Å². The van der Waals surface area contributed by atoms with Crippen LogP contribution in [0.4, 0.5) is 0 Å². The predicted molar refractivity (Wildman–Crippen MR) is 50.8 cm³/mol. The van der Waals surface area contributed by atoms with Gasteiger partial charge in [-0.3, -0.25) is 0 Å². The molecule has 0 radical (unpaired) electrons. The first-order valence-electron chi connectivity index (χ1n) is 5.47. The van der Waals surface area contributed by atoms with E-state index in [1.165, 1.54) is 25.7 Å². The monoisotopic (exact) mass is 193 g/mol. The van der Waals surface area contributed by atoms with Crippen LogP contribution in [0.2, 0.25) is 0 Å². The molecule has 4 heteroatoms. The van der Waals surface area contributed by atoms with E-state index in [-0.39, 0.29) is 6.10 Å². The Morgan fingerprint density at radius 3 is 2.93 bits per heavy atom. The number of hydrogen-bond donors (Lipinski definition) is 0. The van der Waals surface area contributed by atoms with Gasteiger partial charge >= 0.3 is 0 Å². The van der Waals surface area contributed by atoms with Gasteiger partial charge in [-0.15, -0.1) is 5.10 Å². The van der Waals surface area contributed by atoms with E-state index in [4.69, 9.17) is 4.74 Å². The second-order valence-electron chi connectivity index (χ2n) is 4.21. The maximum Gasteiger partial charge on any atom is 0.111 e. The third-order valence-electron chi connectivity index (χ3n) is 2.96. The fraction of sp³-hybridized carbons (Fsp3) is 0.800. The summed E-state index contributed by atoms with van der Waals surface area (Å²) in [6.07, 6.45) is 8.32. The number of ether oxygens (including phenoxy) is 1. The van der Waals surface area contributed by atoms with Gasteiger partial charge in [0, 0.05) is 6.61 Å². The highest BCUT2D eigenvalue weighted by Gasteiger charge is 2.26. The zero-order valence-corrected chi connectivity index (χ0v) is 8.22. The van der Waals surface area contributed by atoms with Crippen molar-refractivity contribution in [1.29, 1.82) is 0 Å². The molecular weight excluding hydrogens is 178 g/mol. The molecule has 1 saturated carbocycles. The average Bonchev–Trinajstić information content (AvgIpc) is 2.98. The molecule has 0 spiro atoms. The van der Waals surface area contributed by atoms with Gasteiger partial charge in [0.05, 0.1) is 12.2 Å². The first kappa shape index (κ1) is 8.41. The Morgan fingerprint density at radius 1 is 1.29 bits per heavy atom. The fourth-order valence-electron chi connectivity index (χ4n) is 1.93. The standard InChI is InChI=1S/C10H15N3O/c1-2-6-14-10(3-1)9-7-13(12-11-9)8-4-5-8/h7-8,10H,1-6H2/t10-/m1/s1. The molecule has 1 atom stereocenters. The van der Waals surface area contributed by atoms with Crippen molar-refractivity contribution in [3.8, 4) is 0 Å². The SMILES string of the molecule is c1c([C@H]2CCCCO2)nnn1C1CC1. The largest absolute Gasteiger partial charge is 0.372 e. The van der Waals surface area contributed by atoms with Crippen LogP contribution in [0.1, 0.15) is 49.9 Å². The van der Waals surface area contributed by atoms with Crippen molar-refractivity contribution >= 4 is 0 Å². The fourth-order valence-corrected chi connectivity index (χ4v) is 1.93. The lowest BCUT2D eigenvalue weighted by molar-refractivity contribution is 0.0122. The zero-order valence-electron chi connectivity index (χ0n) is 8.22.